The number of carbonyl (C=O) groups excluding carboxylic acids is 2. The summed E-state index contributed by atoms with van der Waals surface area (Å²) in [7, 11) is 1.52. The number of carbonyl (C=O) groups is 2. The Kier molecular flexibility index (Phi) is 5.86. The van der Waals surface area contributed by atoms with Gasteiger partial charge in [-0.15, -0.1) is 0 Å². The first kappa shape index (κ1) is 19.0. The van der Waals surface area contributed by atoms with Crippen molar-refractivity contribution in [3.8, 4) is 5.75 Å². The fourth-order valence-corrected chi connectivity index (χ4v) is 3.41. The summed E-state index contributed by atoms with van der Waals surface area (Å²) in [6, 6.07) is 14.1. The van der Waals surface area contributed by atoms with Crippen molar-refractivity contribution in [3.05, 3.63) is 59.1 Å². The zero-order valence-electron chi connectivity index (χ0n) is 15.2. The second-order valence-electron chi connectivity index (χ2n) is 6.48. The molecule has 2 N–H and O–H groups in total. The van der Waals surface area contributed by atoms with E-state index in [2.05, 4.69) is 10.6 Å². The van der Waals surface area contributed by atoms with Gasteiger partial charge in [0.2, 0.25) is 5.91 Å². The molecule has 0 aromatic heterocycles. The first-order valence-electron chi connectivity index (χ1n) is 8.73. The van der Waals surface area contributed by atoms with Crippen LogP contribution in [0.15, 0.2) is 48.5 Å². The minimum atomic E-state index is -0.400. The molecule has 1 heterocycles. The lowest BCUT2D eigenvalue weighted by atomic mass is 10.1. The Labute approximate surface area is 163 Å². The van der Waals surface area contributed by atoms with Gasteiger partial charge in [0.05, 0.1) is 24.9 Å². The van der Waals surface area contributed by atoms with Crippen LogP contribution in [0, 0.1) is 0 Å². The third-order valence-electron chi connectivity index (χ3n) is 4.65. The van der Waals surface area contributed by atoms with Crippen LogP contribution in [-0.2, 0) is 4.79 Å². The van der Waals surface area contributed by atoms with Crippen molar-refractivity contribution < 1.29 is 14.3 Å². The Morgan fingerprint density at radius 1 is 1.26 bits per heavy atom. The zero-order chi connectivity index (χ0) is 19.4. The maximum Gasteiger partial charge on any atom is 0.319 e. The van der Waals surface area contributed by atoms with Gasteiger partial charge in [0.15, 0.2) is 0 Å². The lowest BCUT2D eigenvalue weighted by molar-refractivity contribution is -0.129. The van der Waals surface area contributed by atoms with Gasteiger partial charge in [-0.05, 0) is 30.7 Å². The predicted octanol–water partition coefficient (Wildman–Crippen LogP) is 3.83. The summed E-state index contributed by atoms with van der Waals surface area (Å²) in [5.41, 5.74) is 1.54. The summed E-state index contributed by atoms with van der Waals surface area (Å²) >= 11 is 5.98. The third-order valence-corrected chi connectivity index (χ3v) is 4.89. The van der Waals surface area contributed by atoms with Crippen LogP contribution in [0.5, 0.6) is 5.75 Å². The highest BCUT2D eigenvalue weighted by Crippen LogP contribution is 2.28. The molecule has 27 heavy (non-hydrogen) atoms. The highest BCUT2D eigenvalue weighted by Gasteiger charge is 2.34. The number of anilines is 1. The molecular formula is C20H22ClN3O3. The van der Waals surface area contributed by atoms with Crippen LogP contribution in [0.1, 0.15) is 24.9 Å². The summed E-state index contributed by atoms with van der Waals surface area (Å²) in [6.45, 7) is 2.46. The van der Waals surface area contributed by atoms with Crippen LogP contribution in [-0.4, -0.2) is 36.5 Å². The highest BCUT2D eigenvalue weighted by atomic mass is 35.5. The highest BCUT2D eigenvalue weighted by molar-refractivity contribution is 6.31. The van der Waals surface area contributed by atoms with E-state index in [9.17, 15) is 9.59 Å². The number of rotatable bonds is 5. The molecule has 3 amide bonds. The van der Waals surface area contributed by atoms with E-state index < -0.39 is 6.03 Å². The molecule has 1 saturated heterocycles. The molecule has 0 bridgehead atoms. The van der Waals surface area contributed by atoms with E-state index in [0.29, 0.717) is 23.0 Å². The lowest BCUT2D eigenvalue weighted by Gasteiger charge is -2.25. The second-order valence-corrected chi connectivity index (χ2v) is 6.91. The zero-order valence-corrected chi connectivity index (χ0v) is 16.0. The van der Waals surface area contributed by atoms with Crippen LogP contribution in [0.25, 0.3) is 0 Å². The molecule has 7 heteroatoms. The van der Waals surface area contributed by atoms with Gasteiger partial charge >= 0.3 is 6.03 Å². The van der Waals surface area contributed by atoms with Crippen LogP contribution in [0.2, 0.25) is 5.02 Å². The number of benzene rings is 2. The van der Waals surface area contributed by atoms with Crippen molar-refractivity contribution in [2.45, 2.75) is 25.4 Å². The van der Waals surface area contributed by atoms with Crippen molar-refractivity contribution in [3.63, 3.8) is 0 Å². The van der Waals surface area contributed by atoms with Crippen molar-refractivity contribution in [1.29, 1.82) is 0 Å². The van der Waals surface area contributed by atoms with E-state index in [-0.39, 0.29) is 24.4 Å². The molecule has 0 saturated carbocycles. The number of hydrogen-bond acceptors (Lipinski definition) is 3. The molecule has 2 atom stereocenters. The van der Waals surface area contributed by atoms with Gasteiger partial charge in [-0.3, -0.25) is 4.79 Å². The number of methoxy groups -OCH3 is 1. The molecule has 1 aliphatic heterocycles. The van der Waals surface area contributed by atoms with Gasteiger partial charge < -0.3 is 20.3 Å². The molecule has 1 fully saturated rings. The van der Waals surface area contributed by atoms with E-state index in [1.54, 1.807) is 23.1 Å². The Hall–Kier alpha value is -2.73. The van der Waals surface area contributed by atoms with E-state index in [1.165, 1.54) is 7.11 Å². The van der Waals surface area contributed by atoms with Crippen LogP contribution >= 0.6 is 11.6 Å². The summed E-state index contributed by atoms with van der Waals surface area (Å²) in [5, 5.41) is 6.07. The quantitative estimate of drug-likeness (QED) is 0.819. The fourth-order valence-electron chi connectivity index (χ4n) is 3.24. The monoisotopic (exact) mass is 387 g/mol. The Bertz CT molecular complexity index is 828. The molecule has 6 nitrogen and oxygen atoms in total. The maximum absolute atomic E-state index is 12.4. The lowest BCUT2D eigenvalue weighted by Crippen LogP contribution is -2.40. The normalized spacial score (nSPS) is 17.5. The molecule has 0 aliphatic carbocycles. The number of amides is 3. The SMILES string of the molecule is COc1ccc(Cl)cc1NC(=O)NC1CC(=O)N(C(C)c2ccccc2)C1. The predicted molar refractivity (Wildman–Crippen MR) is 105 cm³/mol. The van der Waals surface area contributed by atoms with Crippen molar-refractivity contribution in [2.24, 2.45) is 0 Å². The first-order chi connectivity index (χ1) is 13.0. The molecule has 142 valence electrons. The van der Waals surface area contributed by atoms with Crippen LogP contribution < -0.4 is 15.4 Å². The van der Waals surface area contributed by atoms with E-state index in [4.69, 9.17) is 16.3 Å². The topological polar surface area (TPSA) is 70.7 Å². The van der Waals surface area contributed by atoms with E-state index in [1.807, 2.05) is 37.3 Å². The molecule has 2 unspecified atom stereocenters. The smallest absolute Gasteiger partial charge is 0.319 e. The summed E-state index contributed by atoms with van der Waals surface area (Å²) < 4.78 is 5.22. The first-order valence-corrected chi connectivity index (χ1v) is 9.11. The van der Waals surface area contributed by atoms with Gasteiger partial charge in [0.25, 0.3) is 0 Å². The molecule has 3 rings (SSSR count). The number of hydrogen-bond donors (Lipinski definition) is 2. The summed E-state index contributed by atoms with van der Waals surface area (Å²) in [4.78, 5) is 26.5. The number of likely N-dealkylation sites (tertiary alicyclic amines) is 1. The Balaban J connectivity index is 1.61. The molecule has 2 aromatic carbocycles. The fraction of sp³-hybridized carbons (Fsp3) is 0.300. The number of nitrogens with zero attached hydrogens (tertiary/aromatic N) is 1. The van der Waals surface area contributed by atoms with Crippen LogP contribution in [0.3, 0.4) is 0 Å². The summed E-state index contributed by atoms with van der Waals surface area (Å²) in [5.74, 6) is 0.536. The van der Waals surface area contributed by atoms with E-state index >= 15 is 0 Å². The third kappa shape index (κ3) is 4.52. The number of nitrogens with one attached hydrogen (secondary N) is 2. The second kappa shape index (κ2) is 8.31. The molecule has 1 aliphatic rings. The molecule has 2 aromatic rings. The minimum absolute atomic E-state index is 0.0250. The van der Waals surface area contributed by atoms with E-state index in [0.717, 1.165) is 5.56 Å². The number of urea groups is 1. The average Bonchev–Trinajstić information content (AvgIpc) is 3.02. The van der Waals surface area contributed by atoms with Gasteiger partial charge in [-0.1, -0.05) is 41.9 Å². The van der Waals surface area contributed by atoms with Gasteiger partial charge in [-0.2, -0.15) is 0 Å². The van der Waals surface area contributed by atoms with Gasteiger partial charge in [0, 0.05) is 18.0 Å². The standard InChI is InChI=1S/C20H22ClN3O3/c1-13(14-6-4-3-5-7-14)24-12-16(11-19(24)25)22-20(26)23-17-10-15(21)8-9-18(17)27-2/h3-10,13,16H,11-12H2,1-2H3,(H2,22,23,26). The number of ether oxygens (including phenoxy) is 1. The van der Waals surface area contributed by atoms with Crippen molar-refractivity contribution in [2.75, 3.05) is 19.0 Å². The minimum Gasteiger partial charge on any atom is -0.495 e. The number of halogens is 1. The maximum atomic E-state index is 12.4. The Morgan fingerprint density at radius 3 is 2.70 bits per heavy atom. The van der Waals surface area contributed by atoms with Gasteiger partial charge in [-0.25, -0.2) is 4.79 Å². The van der Waals surface area contributed by atoms with Crippen molar-refractivity contribution >= 4 is 29.2 Å². The van der Waals surface area contributed by atoms with Crippen molar-refractivity contribution in [1.82, 2.24) is 10.2 Å². The molecule has 0 radical (unpaired) electrons. The molecular weight excluding hydrogens is 366 g/mol. The summed E-state index contributed by atoms with van der Waals surface area (Å²) in [6.07, 6.45) is 0.275. The largest absolute Gasteiger partial charge is 0.495 e. The Morgan fingerprint density at radius 2 is 2.00 bits per heavy atom. The van der Waals surface area contributed by atoms with Crippen LogP contribution in [0.4, 0.5) is 10.5 Å². The van der Waals surface area contributed by atoms with Gasteiger partial charge in [0.1, 0.15) is 5.75 Å². The molecule has 0 spiro atoms. The average molecular weight is 388 g/mol.